The van der Waals surface area contributed by atoms with Crippen molar-refractivity contribution in [3.05, 3.63) is 29.8 Å². The van der Waals surface area contributed by atoms with Crippen molar-refractivity contribution >= 4 is 11.8 Å². The molecular formula is C13H15F3O2S. The van der Waals surface area contributed by atoms with Gasteiger partial charge in [0.25, 0.3) is 0 Å². The molecule has 1 aliphatic heterocycles. The predicted molar refractivity (Wildman–Crippen MR) is 68.4 cm³/mol. The predicted octanol–water partition coefficient (Wildman–Crippen LogP) is 3.20. The molecule has 0 radical (unpaired) electrons. The van der Waals surface area contributed by atoms with E-state index < -0.39 is 17.8 Å². The number of rotatable bonds is 4. The Morgan fingerprint density at radius 1 is 1.32 bits per heavy atom. The van der Waals surface area contributed by atoms with E-state index in [2.05, 4.69) is 0 Å². The van der Waals surface area contributed by atoms with Crippen LogP contribution in [0.15, 0.2) is 24.3 Å². The second-order valence-electron chi connectivity index (χ2n) is 4.52. The second kappa shape index (κ2) is 6.05. The van der Waals surface area contributed by atoms with Crippen molar-refractivity contribution in [2.75, 3.05) is 18.1 Å². The third-order valence-electron chi connectivity index (χ3n) is 3.11. The smallest absolute Gasteiger partial charge is 0.416 e. The molecule has 6 heteroatoms. The number of thioether (sulfide) groups is 1. The highest BCUT2D eigenvalue weighted by Crippen LogP contribution is 2.30. The summed E-state index contributed by atoms with van der Waals surface area (Å²) in [6, 6.07) is 4.51. The van der Waals surface area contributed by atoms with Gasteiger partial charge in [-0.2, -0.15) is 24.9 Å². The van der Waals surface area contributed by atoms with Gasteiger partial charge in [-0.25, -0.2) is 0 Å². The van der Waals surface area contributed by atoms with Crippen molar-refractivity contribution in [3.63, 3.8) is 0 Å². The van der Waals surface area contributed by atoms with Gasteiger partial charge in [-0.3, -0.25) is 0 Å². The maximum atomic E-state index is 12.4. The standard InChI is InChI=1S/C13H15F3O2S/c14-13(15,16)10-1-3-11(4-2-10)18-7-12(17)9-5-6-19-8-9/h1-4,9,12,17H,5-8H2. The number of benzene rings is 1. The lowest BCUT2D eigenvalue weighted by Gasteiger charge is -2.17. The van der Waals surface area contributed by atoms with Crippen molar-refractivity contribution in [1.29, 1.82) is 0 Å². The zero-order valence-corrected chi connectivity index (χ0v) is 11.0. The quantitative estimate of drug-likeness (QED) is 0.924. The Labute approximate surface area is 114 Å². The molecule has 106 valence electrons. The highest BCUT2D eigenvalue weighted by molar-refractivity contribution is 7.99. The third-order valence-corrected chi connectivity index (χ3v) is 4.30. The molecule has 0 amide bonds. The average molecular weight is 292 g/mol. The maximum absolute atomic E-state index is 12.4. The lowest BCUT2D eigenvalue weighted by atomic mass is 10.0. The van der Waals surface area contributed by atoms with E-state index in [-0.39, 0.29) is 12.5 Å². The van der Waals surface area contributed by atoms with Crippen LogP contribution in [0.25, 0.3) is 0 Å². The number of hydrogen-bond donors (Lipinski definition) is 1. The lowest BCUT2D eigenvalue weighted by Crippen LogP contribution is -2.27. The van der Waals surface area contributed by atoms with E-state index in [4.69, 9.17) is 4.74 Å². The molecule has 2 nitrogen and oxygen atoms in total. The van der Waals surface area contributed by atoms with Crippen molar-refractivity contribution in [2.24, 2.45) is 5.92 Å². The minimum Gasteiger partial charge on any atom is -0.491 e. The molecule has 2 unspecified atom stereocenters. The molecule has 0 bridgehead atoms. The number of aliphatic hydroxyl groups is 1. The van der Waals surface area contributed by atoms with Gasteiger partial charge in [-0.1, -0.05) is 0 Å². The Kier molecular flexibility index (Phi) is 4.62. The van der Waals surface area contributed by atoms with Crippen LogP contribution in [0.1, 0.15) is 12.0 Å². The van der Waals surface area contributed by atoms with Crippen molar-refractivity contribution < 1.29 is 23.0 Å². The molecule has 1 aromatic rings. The minimum absolute atomic E-state index is 0.122. The van der Waals surface area contributed by atoms with Gasteiger partial charge in [0.05, 0.1) is 11.7 Å². The maximum Gasteiger partial charge on any atom is 0.416 e. The summed E-state index contributed by atoms with van der Waals surface area (Å²) >= 11 is 1.80. The molecule has 1 aliphatic rings. The Balaban J connectivity index is 1.86. The highest BCUT2D eigenvalue weighted by Gasteiger charge is 2.30. The van der Waals surface area contributed by atoms with Crippen LogP contribution in [0.4, 0.5) is 13.2 Å². The average Bonchev–Trinajstić information content (AvgIpc) is 2.89. The van der Waals surface area contributed by atoms with E-state index in [1.807, 2.05) is 0 Å². The minimum atomic E-state index is -4.33. The van der Waals surface area contributed by atoms with Crippen LogP contribution in [0.3, 0.4) is 0 Å². The van der Waals surface area contributed by atoms with Crippen LogP contribution in [0.2, 0.25) is 0 Å². The summed E-state index contributed by atoms with van der Waals surface area (Å²) in [7, 11) is 0. The molecule has 1 heterocycles. The van der Waals surface area contributed by atoms with Crippen LogP contribution in [0, 0.1) is 5.92 Å². The lowest BCUT2D eigenvalue weighted by molar-refractivity contribution is -0.137. The molecule has 1 fully saturated rings. The summed E-state index contributed by atoms with van der Waals surface area (Å²) < 4.78 is 42.4. The molecule has 1 N–H and O–H groups in total. The van der Waals surface area contributed by atoms with Crippen molar-refractivity contribution in [2.45, 2.75) is 18.7 Å². The van der Waals surface area contributed by atoms with Gasteiger partial charge in [-0.15, -0.1) is 0 Å². The number of aliphatic hydroxyl groups excluding tert-OH is 1. The Morgan fingerprint density at radius 2 is 2.00 bits per heavy atom. The van der Waals surface area contributed by atoms with E-state index in [0.29, 0.717) is 5.75 Å². The molecule has 0 spiro atoms. The normalized spacial score (nSPS) is 21.4. The summed E-state index contributed by atoms with van der Waals surface area (Å²) in [5.41, 5.74) is -0.701. The fourth-order valence-electron chi connectivity index (χ4n) is 1.91. The molecular weight excluding hydrogens is 277 g/mol. The molecule has 1 aromatic carbocycles. The summed E-state index contributed by atoms with van der Waals surface area (Å²) in [6.45, 7) is 0.122. The number of hydrogen-bond acceptors (Lipinski definition) is 3. The molecule has 2 atom stereocenters. The molecule has 2 rings (SSSR count). The van der Waals surface area contributed by atoms with E-state index >= 15 is 0 Å². The van der Waals surface area contributed by atoms with Crippen LogP contribution in [-0.2, 0) is 6.18 Å². The van der Waals surface area contributed by atoms with Crippen molar-refractivity contribution in [1.82, 2.24) is 0 Å². The Hall–Kier alpha value is -0.880. The van der Waals surface area contributed by atoms with Crippen molar-refractivity contribution in [3.8, 4) is 5.75 Å². The first-order chi connectivity index (χ1) is 8.97. The van der Waals surface area contributed by atoms with E-state index in [1.54, 1.807) is 11.8 Å². The first-order valence-corrected chi connectivity index (χ1v) is 7.18. The Morgan fingerprint density at radius 3 is 2.53 bits per heavy atom. The Bertz CT molecular complexity index is 399. The van der Waals surface area contributed by atoms with Crippen LogP contribution < -0.4 is 4.74 Å². The largest absolute Gasteiger partial charge is 0.491 e. The zero-order valence-electron chi connectivity index (χ0n) is 10.2. The van der Waals surface area contributed by atoms with Gasteiger partial charge in [0, 0.05) is 0 Å². The molecule has 0 aliphatic carbocycles. The van der Waals surface area contributed by atoms with Crippen LogP contribution >= 0.6 is 11.8 Å². The zero-order chi connectivity index (χ0) is 13.9. The van der Waals surface area contributed by atoms with Crippen LogP contribution in [-0.4, -0.2) is 29.3 Å². The summed E-state index contributed by atoms with van der Waals surface area (Å²) in [6.07, 6.45) is -3.93. The second-order valence-corrected chi connectivity index (χ2v) is 5.67. The molecule has 0 saturated carbocycles. The monoisotopic (exact) mass is 292 g/mol. The summed E-state index contributed by atoms with van der Waals surface area (Å²) in [5, 5.41) is 9.88. The molecule has 1 saturated heterocycles. The van der Waals surface area contributed by atoms with Gasteiger partial charge in [0.2, 0.25) is 0 Å². The SMILES string of the molecule is OC(COc1ccc(C(F)(F)F)cc1)C1CCSC1. The van der Waals surface area contributed by atoms with Gasteiger partial charge in [-0.05, 0) is 48.1 Å². The van der Waals surface area contributed by atoms with Gasteiger partial charge < -0.3 is 9.84 Å². The fourth-order valence-corrected chi connectivity index (χ4v) is 3.24. The number of halogens is 3. The summed E-state index contributed by atoms with van der Waals surface area (Å²) in [4.78, 5) is 0. The van der Waals surface area contributed by atoms with Gasteiger partial charge >= 0.3 is 6.18 Å². The molecule has 19 heavy (non-hydrogen) atoms. The van der Waals surface area contributed by atoms with E-state index in [9.17, 15) is 18.3 Å². The van der Waals surface area contributed by atoms with Gasteiger partial charge in [0.1, 0.15) is 12.4 Å². The fraction of sp³-hybridized carbons (Fsp3) is 0.538. The van der Waals surface area contributed by atoms with E-state index in [0.717, 1.165) is 30.1 Å². The van der Waals surface area contributed by atoms with Crippen LogP contribution in [0.5, 0.6) is 5.75 Å². The summed E-state index contributed by atoms with van der Waals surface area (Å²) in [5.74, 6) is 2.52. The third kappa shape index (κ3) is 4.04. The first kappa shape index (κ1) is 14.5. The van der Waals surface area contributed by atoms with Gasteiger partial charge in [0.15, 0.2) is 0 Å². The molecule has 0 aromatic heterocycles. The number of ether oxygens (including phenoxy) is 1. The first-order valence-electron chi connectivity index (χ1n) is 6.02. The topological polar surface area (TPSA) is 29.5 Å². The van der Waals surface area contributed by atoms with E-state index in [1.165, 1.54) is 12.1 Å². The highest BCUT2D eigenvalue weighted by atomic mass is 32.2. The number of alkyl halides is 3.